The van der Waals surface area contributed by atoms with Crippen molar-refractivity contribution >= 4 is 34.6 Å². The van der Waals surface area contributed by atoms with Gasteiger partial charge in [-0.15, -0.1) is 0 Å². The van der Waals surface area contributed by atoms with Crippen molar-refractivity contribution in [1.82, 2.24) is 0 Å². The molecule has 0 heterocycles. The molecule has 0 aliphatic heterocycles. The summed E-state index contributed by atoms with van der Waals surface area (Å²) in [6.07, 6.45) is 0. The van der Waals surface area contributed by atoms with Crippen LogP contribution in [0, 0.1) is 11.3 Å². The number of anilines is 2. The number of hydrogen-bond donors (Lipinski definition) is 2. The summed E-state index contributed by atoms with van der Waals surface area (Å²) in [4.78, 5) is 37.9. The van der Waals surface area contributed by atoms with Crippen LogP contribution in [0.3, 0.4) is 0 Å². The van der Waals surface area contributed by atoms with Crippen LogP contribution in [-0.2, 0) is 4.79 Å². The first-order chi connectivity index (χ1) is 14.6. The molecule has 0 saturated carbocycles. The molecular formula is C23H14N4O3. The summed E-state index contributed by atoms with van der Waals surface area (Å²) in [6, 6.07) is 21.6. The fraction of sp³-hybridized carbons (Fsp3) is 0. The summed E-state index contributed by atoms with van der Waals surface area (Å²) in [7, 11) is 0. The number of hydrazone groups is 1. The number of para-hydroxylation sites is 1. The maximum Gasteiger partial charge on any atom is 0.287 e. The number of ketones is 2. The molecule has 3 aromatic rings. The first-order valence-electron chi connectivity index (χ1n) is 9.01. The molecule has 4 rings (SSSR count). The number of nitrogens with one attached hydrogen (secondary N) is 2. The van der Waals surface area contributed by atoms with Gasteiger partial charge in [0.1, 0.15) is 6.07 Å². The SMILES string of the molecule is N#CC(=NNc1ccccc1)C(=O)Nc1ccc2c(c1)C(=O)c1ccccc1C2=O. The van der Waals surface area contributed by atoms with Crippen LogP contribution in [-0.4, -0.2) is 23.2 Å². The highest BCUT2D eigenvalue weighted by Crippen LogP contribution is 2.29. The average molecular weight is 394 g/mol. The van der Waals surface area contributed by atoms with Gasteiger partial charge in [0.05, 0.1) is 5.69 Å². The molecule has 30 heavy (non-hydrogen) atoms. The lowest BCUT2D eigenvalue weighted by molar-refractivity contribution is -0.110. The van der Waals surface area contributed by atoms with Crippen molar-refractivity contribution in [3.05, 3.63) is 95.1 Å². The number of fused-ring (bicyclic) bond motifs is 2. The Morgan fingerprint density at radius 3 is 2.03 bits per heavy atom. The predicted octanol–water partition coefficient (Wildman–Crippen LogP) is 3.39. The Balaban J connectivity index is 1.57. The van der Waals surface area contributed by atoms with Gasteiger partial charge in [-0.3, -0.25) is 19.8 Å². The third-order valence-electron chi connectivity index (χ3n) is 4.57. The van der Waals surface area contributed by atoms with Crippen molar-refractivity contribution in [3.63, 3.8) is 0 Å². The minimum Gasteiger partial charge on any atom is -0.320 e. The van der Waals surface area contributed by atoms with Crippen molar-refractivity contribution in [1.29, 1.82) is 5.26 Å². The fourth-order valence-electron chi connectivity index (χ4n) is 3.13. The quantitative estimate of drug-likeness (QED) is 0.407. The van der Waals surface area contributed by atoms with Crippen molar-refractivity contribution < 1.29 is 14.4 Å². The lowest BCUT2D eigenvalue weighted by atomic mass is 9.84. The molecule has 0 unspecified atom stereocenters. The van der Waals surface area contributed by atoms with E-state index in [9.17, 15) is 19.6 Å². The van der Waals surface area contributed by atoms with Gasteiger partial charge < -0.3 is 5.32 Å². The van der Waals surface area contributed by atoms with E-state index in [-0.39, 0.29) is 34.1 Å². The first kappa shape index (κ1) is 18.8. The van der Waals surface area contributed by atoms with Gasteiger partial charge in [-0.1, -0.05) is 42.5 Å². The molecule has 0 saturated heterocycles. The monoisotopic (exact) mass is 394 g/mol. The molecule has 3 aromatic carbocycles. The molecule has 0 atom stereocenters. The van der Waals surface area contributed by atoms with Crippen LogP contribution >= 0.6 is 0 Å². The topological polar surface area (TPSA) is 111 Å². The van der Waals surface area contributed by atoms with Crippen LogP contribution in [0.15, 0.2) is 77.9 Å². The predicted molar refractivity (Wildman–Crippen MR) is 111 cm³/mol. The number of nitrogens with zero attached hydrogens (tertiary/aromatic N) is 2. The van der Waals surface area contributed by atoms with E-state index in [0.717, 1.165) is 0 Å². The summed E-state index contributed by atoms with van der Waals surface area (Å²) in [5, 5.41) is 15.6. The zero-order chi connectivity index (χ0) is 21.1. The highest BCUT2D eigenvalue weighted by Gasteiger charge is 2.29. The van der Waals surface area contributed by atoms with E-state index in [1.165, 1.54) is 18.2 Å². The largest absolute Gasteiger partial charge is 0.320 e. The number of carbonyl (C=O) groups excluding carboxylic acids is 3. The van der Waals surface area contributed by atoms with Crippen molar-refractivity contribution in [2.24, 2.45) is 5.10 Å². The van der Waals surface area contributed by atoms with Gasteiger partial charge in [0.15, 0.2) is 11.6 Å². The average Bonchev–Trinajstić information content (AvgIpc) is 2.78. The van der Waals surface area contributed by atoms with E-state index in [4.69, 9.17) is 0 Å². The number of rotatable bonds is 4. The third-order valence-corrected chi connectivity index (χ3v) is 4.57. The Labute approximate surface area is 171 Å². The van der Waals surface area contributed by atoms with E-state index in [1.54, 1.807) is 54.6 Å². The zero-order valence-corrected chi connectivity index (χ0v) is 15.5. The van der Waals surface area contributed by atoms with E-state index < -0.39 is 5.91 Å². The highest BCUT2D eigenvalue weighted by molar-refractivity contribution is 6.48. The summed E-state index contributed by atoms with van der Waals surface area (Å²) in [6.45, 7) is 0. The van der Waals surface area contributed by atoms with Gasteiger partial charge >= 0.3 is 0 Å². The Hall–Kier alpha value is -4.57. The minimum absolute atomic E-state index is 0.203. The van der Waals surface area contributed by atoms with Crippen LogP contribution in [0.2, 0.25) is 0 Å². The number of nitriles is 1. The second-order valence-electron chi connectivity index (χ2n) is 6.47. The fourth-order valence-corrected chi connectivity index (χ4v) is 3.13. The summed E-state index contributed by atoms with van der Waals surface area (Å²) in [5.41, 5.74) is 4.32. The van der Waals surface area contributed by atoms with Crippen molar-refractivity contribution in [2.75, 3.05) is 10.7 Å². The van der Waals surface area contributed by atoms with Crippen LogP contribution in [0.5, 0.6) is 0 Å². The van der Waals surface area contributed by atoms with Gasteiger partial charge in [-0.2, -0.15) is 10.4 Å². The van der Waals surface area contributed by atoms with Gasteiger partial charge in [0.25, 0.3) is 5.91 Å². The molecular weight excluding hydrogens is 380 g/mol. The van der Waals surface area contributed by atoms with Crippen molar-refractivity contribution in [2.45, 2.75) is 0 Å². The molecule has 0 radical (unpaired) electrons. The molecule has 0 fully saturated rings. The minimum atomic E-state index is -0.740. The maximum atomic E-state index is 12.8. The molecule has 0 aromatic heterocycles. The van der Waals surface area contributed by atoms with Gasteiger partial charge in [-0.05, 0) is 30.3 Å². The number of amides is 1. The maximum absolute atomic E-state index is 12.8. The second kappa shape index (κ2) is 7.81. The zero-order valence-electron chi connectivity index (χ0n) is 15.5. The Kier molecular flexibility index (Phi) is 4.89. The van der Waals surface area contributed by atoms with Gasteiger partial charge in [0, 0.05) is 27.9 Å². The molecule has 0 spiro atoms. The van der Waals surface area contributed by atoms with E-state index in [0.29, 0.717) is 16.8 Å². The standard InChI is InChI=1S/C23H14N4O3/c24-13-20(27-26-14-6-2-1-3-7-14)23(30)25-15-10-11-18-19(12-15)22(29)17-9-5-4-8-16(17)21(18)28/h1-12,26H,(H,25,30). The Bertz CT molecular complexity index is 1260. The lowest BCUT2D eigenvalue weighted by Gasteiger charge is -2.18. The van der Waals surface area contributed by atoms with Crippen LogP contribution in [0.4, 0.5) is 11.4 Å². The molecule has 1 amide bonds. The van der Waals surface area contributed by atoms with Gasteiger partial charge in [0.2, 0.25) is 5.71 Å². The summed E-state index contributed by atoms with van der Waals surface area (Å²) >= 11 is 0. The normalized spacial score (nSPS) is 12.4. The second-order valence-corrected chi connectivity index (χ2v) is 6.47. The molecule has 144 valence electrons. The first-order valence-corrected chi connectivity index (χ1v) is 9.01. The Morgan fingerprint density at radius 1 is 0.767 bits per heavy atom. The molecule has 0 bridgehead atoms. The molecule has 7 nitrogen and oxygen atoms in total. The number of hydrogen-bond acceptors (Lipinski definition) is 6. The molecule has 1 aliphatic rings. The molecule has 1 aliphatic carbocycles. The smallest absolute Gasteiger partial charge is 0.287 e. The van der Waals surface area contributed by atoms with E-state index in [2.05, 4.69) is 15.8 Å². The van der Waals surface area contributed by atoms with Crippen LogP contribution in [0.25, 0.3) is 0 Å². The van der Waals surface area contributed by atoms with Crippen LogP contribution < -0.4 is 10.7 Å². The van der Waals surface area contributed by atoms with E-state index in [1.807, 2.05) is 6.07 Å². The summed E-state index contributed by atoms with van der Waals surface area (Å²) in [5.74, 6) is -1.28. The Morgan fingerprint density at radius 2 is 1.37 bits per heavy atom. The summed E-state index contributed by atoms with van der Waals surface area (Å²) < 4.78 is 0. The molecule has 2 N–H and O–H groups in total. The molecule has 7 heteroatoms. The van der Waals surface area contributed by atoms with E-state index >= 15 is 0 Å². The number of carbonyl (C=O) groups is 3. The lowest BCUT2D eigenvalue weighted by Crippen LogP contribution is -2.24. The van der Waals surface area contributed by atoms with Gasteiger partial charge in [-0.25, -0.2) is 0 Å². The van der Waals surface area contributed by atoms with Crippen molar-refractivity contribution in [3.8, 4) is 6.07 Å². The van der Waals surface area contributed by atoms with Crippen LogP contribution in [0.1, 0.15) is 31.8 Å². The number of benzene rings is 3. The highest BCUT2D eigenvalue weighted by atomic mass is 16.2. The third kappa shape index (κ3) is 3.45.